The predicted octanol–water partition coefficient (Wildman–Crippen LogP) is 3.06. The van der Waals surface area contributed by atoms with Gasteiger partial charge in [-0.25, -0.2) is 4.79 Å². The molecule has 1 aliphatic rings. The second-order valence-electron chi connectivity index (χ2n) is 8.06. The maximum Gasteiger partial charge on any atom is 0.404 e. The zero-order chi connectivity index (χ0) is 22.3. The number of nitrogens with one attached hydrogen (secondary N) is 2. The summed E-state index contributed by atoms with van der Waals surface area (Å²) in [5.74, 6) is 0.895. The van der Waals surface area contributed by atoms with Crippen LogP contribution in [-0.2, 0) is 13.0 Å². The maximum absolute atomic E-state index is 10.6. The highest BCUT2D eigenvalue weighted by Crippen LogP contribution is 2.24. The van der Waals surface area contributed by atoms with E-state index in [0.29, 0.717) is 19.7 Å². The molecule has 8 nitrogen and oxygen atoms in total. The molecule has 1 aromatic heterocycles. The van der Waals surface area contributed by atoms with Gasteiger partial charge in [0.25, 0.3) is 0 Å². The number of carbonyl (C=O) groups is 1. The summed E-state index contributed by atoms with van der Waals surface area (Å²) >= 11 is 0. The van der Waals surface area contributed by atoms with Crippen molar-refractivity contribution in [2.75, 3.05) is 50.8 Å². The molecule has 2 heterocycles. The lowest BCUT2D eigenvalue weighted by Gasteiger charge is -2.36. The van der Waals surface area contributed by atoms with Crippen molar-refractivity contribution in [1.29, 1.82) is 0 Å². The third kappa shape index (κ3) is 6.54. The Kier molecular flexibility index (Phi) is 8.82. The van der Waals surface area contributed by atoms with E-state index >= 15 is 0 Å². The lowest BCUT2D eigenvalue weighted by atomic mass is 10.1. The number of hydrogen-bond acceptors (Lipinski definition) is 5. The van der Waals surface area contributed by atoms with Crippen LogP contribution >= 0.6 is 12.4 Å². The van der Waals surface area contributed by atoms with Gasteiger partial charge in [-0.1, -0.05) is 12.1 Å². The summed E-state index contributed by atoms with van der Waals surface area (Å²) in [6.07, 6.45) is 1.88. The van der Waals surface area contributed by atoms with Crippen molar-refractivity contribution in [1.82, 2.24) is 15.2 Å². The first-order valence-corrected chi connectivity index (χ1v) is 11.1. The number of carboxylic acid groups (broad SMARTS) is 1. The third-order valence-electron chi connectivity index (χ3n) is 5.95. The quantitative estimate of drug-likeness (QED) is 0.380. The molecule has 178 valence electrons. The van der Waals surface area contributed by atoms with Gasteiger partial charge in [0.15, 0.2) is 0 Å². The first-order valence-electron chi connectivity index (χ1n) is 11.1. The van der Waals surface area contributed by atoms with Crippen LogP contribution in [0.5, 0.6) is 5.75 Å². The fourth-order valence-electron chi connectivity index (χ4n) is 4.13. The Morgan fingerprint density at radius 2 is 1.88 bits per heavy atom. The van der Waals surface area contributed by atoms with E-state index in [1.807, 2.05) is 24.4 Å². The van der Waals surface area contributed by atoms with Crippen LogP contribution < -0.4 is 20.7 Å². The topological polar surface area (TPSA) is 107 Å². The van der Waals surface area contributed by atoms with Gasteiger partial charge in [0.2, 0.25) is 0 Å². The maximum atomic E-state index is 10.6. The first-order chi connectivity index (χ1) is 15.6. The lowest BCUT2D eigenvalue weighted by molar-refractivity contribution is 0.194. The molecule has 3 aromatic rings. The molecule has 2 aromatic carbocycles. The van der Waals surface area contributed by atoms with Gasteiger partial charge < -0.3 is 30.8 Å². The Labute approximate surface area is 200 Å². The summed E-state index contributed by atoms with van der Waals surface area (Å²) < 4.78 is 6.04. The summed E-state index contributed by atoms with van der Waals surface area (Å²) in [6, 6.07) is 14.3. The normalized spacial score (nSPS) is 14.2. The molecule has 5 N–H and O–H groups in total. The molecule has 0 unspecified atom stereocenters. The summed E-state index contributed by atoms with van der Waals surface area (Å²) in [6.45, 7) is 6.42. The van der Waals surface area contributed by atoms with Crippen LogP contribution in [0.2, 0.25) is 0 Å². The highest BCUT2D eigenvalue weighted by molar-refractivity contribution is 5.85. The molecule has 0 atom stereocenters. The number of benzene rings is 2. The fraction of sp³-hybridized carbons (Fsp3) is 0.375. The molecule has 4 rings (SSSR count). The van der Waals surface area contributed by atoms with Crippen LogP contribution in [0.4, 0.5) is 10.5 Å². The molecular formula is C24H32ClN5O3. The number of piperazine rings is 1. The SMILES string of the molecule is Cl.NCCc1c[nH]c2ccc(OCCN3CCN(c4ccc(CNC(=O)O)cc4)CC3)cc12. The van der Waals surface area contributed by atoms with E-state index in [2.05, 4.69) is 44.4 Å². The Morgan fingerprint density at radius 1 is 1.12 bits per heavy atom. The zero-order valence-corrected chi connectivity index (χ0v) is 19.4. The lowest BCUT2D eigenvalue weighted by Crippen LogP contribution is -2.47. The predicted molar refractivity (Wildman–Crippen MR) is 134 cm³/mol. The Bertz CT molecular complexity index is 1030. The van der Waals surface area contributed by atoms with Gasteiger partial charge in [-0.05, 0) is 54.4 Å². The summed E-state index contributed by atoms with van der Waals surface area (Å²) in [7, 11) is 0. The van der Waals surface area contributed by atoms with Crippen LogP contribution in [0.25, 0.3) is 10.9 Å². The number of aromatic nitrogens is 1. The summed E-state index contributed by atoms with van der Waals surface area (Å²) in [5.41, 5.74) is 10.2. The van der Waals surface area contributed by atoms with Gasteiger partial charge in [-0.2, -0.15) is 0 Å². The van der Waals surface area contributed by atoms with Crippen molar-refractivity contribution >= 4 is 35.1 Å². The molecular weight excluding hydrogens is 442 g/mol. The number of ether oxygens (including phenoxy) is 1. The van der Waals surface area contributed by atoms with Crippen LogP contribution in [-0.4, -0.2) is 67.0 Å². The van der Waals surface area contributed by atoms with E-state index in [0.717, 1.165) is 56.0 Å². The van der Waals surface area contributed by atoms with E-state index in [4.69, 9.17) is 15.6 Å². The minimum atomic E-state index is -1.00. The Balaban J connectivity index is 0.00000306. The van der Waals surface area contributed by atoms with Crippen molar-refractivity contribution in [3.8, 4) is 5.75 Å². The van der Waals surface area contributed by atoms with Crippen LogP contribution in [0, 0.1) is 0 Å². The molecule has 1 amide bonds. The largest absolute Gasteiger partial charge is 0.492 e. The fourth-order valence-corrected chi connectivity index (χ4v) is 4.13. The van der Waals surface area contributed by atoms with Crippen LogP contribution in [0.3, 0.4) is 0 Å². The van der Waals surface area contributed by atoms with E-state index in [1.165, 1.54) is 16.6 Å². The molecule has 1 aliphatic heterocycles. The van der Waals surface area contributed by atoms with Gasteiger partial charge in [0, 0.05) is 62.1 Å². The number of nitrogens with two attached hydrogens (primary N) is 1. The molecule has 0 aliphatic carbocycles. The van der Waals surface area contributed by atoms with Crippen molar-refractivity contribution in [3.05, 3.63) is 59.8 Å². The van der Waals surface area contributed by atoms with Crippen molar-refractivity contribution in [3.63, 3.8) is 0 Å². The van der Waals surface area contributed by atoms with Gasteiger partial charge >= 0.3 is 6.09 Å². The number of fused-ring (bicyclic) bond motifs is 1. The standard InChI is InChI=1S/C24H31N5O3.ClH/c25-8-7-19-17-26-23-6-5-21(15-22(19)23)32-14-13-28-9-11-29(12-10-28)20-3-1-18(2-4-20)16-27-24(30)31;/h1-6,15,17,26-27H,7-14,16,25H2,(H,30,31);1H. The molecule has 33 heavy (non-hydrogen) atoms. The average Bonchev–Trinajstić information content (AvgIpc) is 3.21. The average molecular weight is 474 g/mol. The zero-order valence-electron chi connectivity index (χ0n) is 18.6. The summed E-state index contributed by atoms with van der Waals surface area (Å²) in [4.78, 5) is 18.7. The van der Waals surface area contributed by atoms with E-state index < -0.39 is 6.09 Å². The van der Waals surface area contributed by atoms with Gasteiger partial charge in [-0.15, -0.1) is 12.4 Å². The van der Waals surface area contributed by atoms with E-state index in [1.54, 1.807) is 0 Å². The molecule has 0 spiro atoms. The van der Waals surface area contributed by atoms with Gasteiger partial charge in [-0.3, -0.25) is 4.90 Å². The number of hydrogen-bond donors (Lipinski definition) is 4. The molecule has 9 heteroatoms. The second kappa shape index (κ2) is 11.8. The van der Waals surface area contributed by atoms with Gasteiger partial charge in [0.1, 0.15) is 12.4 Å². The number of nitrogens with zero attached hydrogens (tertiary/aromatic N) is 2. The number of halogens is 1. The summed E-state index contributed by atoms with van der Waals surface area (Å²) in [5, 5.41) is 12.3. The van der Waals surface area contributed by atoms with Gasteiger partial charge in [0.05, 0.1) is 0 Å². The molecule has 1 saturated heterocycles. The Hall–Kier alpha value is -2.94. The van der Waals surface area contributed by atoms with E-state index in [9.17, 15) is 4.79 Å². The highest BCUT2D eigenvalue weighted by Gasteiger charge is 2.17. The minimum Gasteiger partial charge on any atom is -0.492 e. The number of aromatic amines is 1. The molecule has 0 bridgehead atoms. The van der Waals surface area contributed by atoms with Crippen molar-refractivity contribution in [2.24, 2.45) is 5.73 Å². The molecule has 0 saturated carbocycles. The Morgan fingerprint density at radius 3 is 2.58 bits per heavy atom. The number of anilines is 1. The third-order valence-corrected chi connectivity index (χ3v) is 5.95. The second-order valence-corrected chi connectivity index (χ2v) is 8.06. The highest BCUT2D eigenvalue weighted by atomic mass is 35.5. The monoisotopic (exact) mass is 473 g/mol. The van der Waals surface area contributed by atoms with Crippen molar-refractivity contribution in [2.45, 2.75) is 13.0 Å². The molecule has 1 fully saturated rings. The smallest absolute Gasteiger partial charge is 0.404 e. The number of amides is 1. The van der Waals surface area contributed by atoms with Crippen molar-refractivity contribution < 1.29 is 14.6 Å². The van der Waals surface area contributed by atoms with E-state index in [-0.39, 0.29) is 12.4 Å². The molecule has 0 radical (unpaired) electrons. The number of rotatable bonds is 9. The minimum absolute atomic E-state index is 0. The number of H-pyrrole nitrogens is 1. The van der Waals surface area contributed by atoms with Crippen LogP contribution in [0.15, 0.2) is 48.7 Å². The van der Waals surface area contributed by atoms with Crippen LogP contribution in [0.1, 0.15) is 11.1 Å². The first kappa shape index (κ1) is 24.7.